The molecule has 33 heavy (non-hydrogen) atoms. The Morgan fingerprint density at radius 3 is 1.73 bits per heavy atom. The van der Waals surface area contributed by atoms with Gasteiger partial charge in [0.1, 0.15) is 16.7 Å². The van der Waals surface area contributed by atoms with Crippen molar-refractivity contribution in [1.82, 2.24) is 0 Å². The van der Waals surface area contributed by atoms with Crippen LogP contribution < -0.4 is 29.6 Å². The summed E-state index contributed by atoms with van der Waals surface area (Å²) in [6.45, 7) is 3.45. The molecule has 7 nitrogen and oxygen atoms in total. The van der Waals surface area contributed by atoms with Gasteiger partial charge in [0.05, 0.1) is 23.0 Å². The van der Waals surface area contributed by atoms with Crippen LogP contribution in [0.3, 0.4) is 0 Å². The molecule has 0 spiro atoms. The van der Waals surface area contributed by atoms with Crippen molar-refractivity contribution in [3.8, 4) is 0 Å². The van der Waals surface area contributed by atoms with Crippen LogP contribution in [0.25, 0.3) is 0 Å². The molecule has 9 heteroatoms. The molecule has 0 saturated carbocycles. The minimum atomic E-state index is -4.57. The van der Waals surface area contributed by atoms with Gasteiger partial charge in [-0.05, 0) is 25.0 Å². The Hall–Kier alpha value is -0.930. The molecule has 0 heterocycles. The predicted octanol–water partition coefficient (Wildman–Crippen LogP) is 2.25. The zero-order chi connectivity index (χ0) is 23.8. The molecule has 182 valence electrons. The fraction of sp³-hybridized carbons (Fsp3) is 0.667. The summed E-state index contributed by atoms with van der Waals surface area (Å²) in [5, 5.41) is -1.32. The number of carbonyl (C=O) groups excluding carboxylic acids is 2. The van der Waals surface area contributed by atoms with Gasteiger partial charge in [-0.15, -0.1) is 0 Å². The molecule has 0 aliphatic rings. The van der Waals surface area contributed by atoms with Crippen LogP contribution in [0, 0.1) is 0 Å². The molecular formula is C24H37NaO7S. The monoisotopic (exact) mass is 492 g/mol. The van der Waals surface area contributed by atoms with Crippen LogP contribution >= 0.6 is 0 Å². The molecular weight excluding hydrogens is 455 g/mol. The van der Waals surface area contributed by atoms with Gasteiger partial charge >= 0.3 is 41.5 Å². The Balaban J connectivity index is 0.0000102. The molecule has 0 radical (unpaired) electrons. The van der Waals surface area contributed by atoms with Gasteiger partial charge in [-0.3, -0.25) is 0 Å². The summed E-state index contributed by atoms with van der Waals surface area (Å²) in [6, 6.07) is 6.04. The molecule has 0 bridgehead atoms. The predicted molar refractivity (Wildman–Crippen MR) is 123 cm³/mol. The molecule has 0 saturated heterocycles. The second kappa shape index (κ2) is 18.4. The van der Waals surface area contributed by atoms with Crippen molar-refractivity contribution in [1.29, 1.82) is 0 Å². The number of esters is 2. The Kier molecular flexibility index (Phi) is 17.9. The van der Waals surface area contributed by atoms with Gasteiger partial charge < -0.3 is 14.0 Å². The smallest absolute Gasteiger partial charge is 0.748 e. The van der Waals surface area contributed by atoms with Gasteiger partial charge in [0, 0.05) is 0 Å². The quantitative estimate of drug-likeness (QED) is 0.142. The molecule has 0 aromatic heterocycles. The fourth-order valence-electron chi connectivity index (χ4n) is 3.32. The van der Waals surface area contributed by atoms with Crippen molar-refractivity contribution in [3.63, 3.8) is 0 Å². The largest absolute Gasteiger partial charge is 1.00 e. The van der Waals surface area contributed by atoms with Crippen LogP contribution in [-0.2, 0) is 19.6 Å². The Morgan fingerprint density at radius 1 is 0.818 bits per heavy atom. The Morgan fingerprint density at radius 2 is 1.27 bits per heavy atom. The SMILES string of the molecule is CCCCCCCCCCCCOC(=O)c1ccccc1C(=O)OCC(CC)S(=O)(=O)[O-].[Na+]. The fourth-order valence-corrected chi connectivity index (χ4v) is 3.97. The number of unbranched alkanes of at least 4 members (excludes halogenated alkanes) is 9. The molecule has 1 aromatic carbocycles. The molecule has 0 N–H and O–H groups in total. The van der Waals surface area contributed by atoms with Crippen molar-refractivity contribution >= 4 is 22.1 Å². The summed E-state index contributed by atoms with van der Waals surface area (Å²) in [6.07, 6.45) is 11.8. The van der Waals surface area contributed by atoms with Gasteiger partial charge in [-0.25, -0.2) is 18.0 Å². The number of rotatable bonds is 17. The van der Waals surface area contributed by atoms with Crippen LogP contribution in [0.4, 0.5) is 0 Å². The van der Waals surface area contributed by atoms with E-state index in [1.165, 1.54) is 64.0 Å². The minimum Gasteiger partial charge on any atom is -0.748 e. The number of benzene rings is 1. The van der Waals surface area contributed by atoms with E-state index < -0.39 is 33.9 Å². The number of hydrogen-bond acceptors (Lipinski definition) is 7. The molecule has 0 fully saturated rings. The second-order valence-corrected chi connectivity index (χ2v) is 9.64. The standard InChI is InChI=1S/C24H38O7S.Na/c1-3-5-6-7-8-9-10-11-12-15-18-30-23(25)21-16-13-14-17-22(21)24(26)31-19-20(4-2)32(27,28)29;/h13-14,16-17,20H,3-12,15,18-19H2,1-2H3,(H,27,28,29);/q;+1/p-1. The molecule has 1 aromatic rings. The van der Waals surface area contributed by atoms with Crippen LogP contribution in [0.5, 0.6) is 0 Å². The maximum Gasteiger partial charge on any atom is 1.00 e. The third kappa shape index (κ3) is 13.5. The summed E-state index contributed by atoms with van der Waals surface area (Å²) in [7, 11) is -4.57. The van der Waals surface area contributed by atoms with E-state index in [2.05, 4.69) is 6.92 Å². The third-order valence-electron chi connectivity index (χ3n) is 5.36. The first-order valence-electron chi connectivity index (χ1n) is 11.7. The maximum absolute atomic E-state index is 12.4. The van der Waals surface area contributed by atoms with E-state index in [0.29, 0.717) is 0 Å². The number of hydrogen-bond donors (Lipinski definition) is 0. The van der Waals surface area contributed by atoms with Crippen LogP contribution in [0.1, 0.15) is 105 Å². The van der Waals surface area contributed by atoms with Gasteiger partial charge in [0.25, 0.3) is 0 Å². The van der Waals surface area contributed by atoms with E-state index in [-0.39, 0.29) is 53.7 Å². The van der Waals surface area contributed by atoms with Crippen LogP contribution in [0.15, 0.2) is 24.3 Å². The summed E-state index contributed by atoms with van der Waals surface area (Å²) in [5.41, 5.74) is 0.0429. The summed E-state index contributed by atoms with van der Waals surface area (Å²) >= 11 is 0. The molecule has 1 unspecified atom stereocenters. The molecule has 0 aliphatic carbocycles. The van der Waals surface area contributed by atoms with Crippen molar-refractivity contribution in [2.24, 2.45) is 0 Å². The maximum atomic E-state index is 12.4. The van der Waals surface area contributed by atoms with E-state index >= 15 is 0 Å². The van der Waals surface area contributed by atoms with E-state index in [9.17, 15) is 22.6 Å². The van der Waals surface area contributed by atoms with E-state index in [1.54, 1.807) is 12.1 Å². The molecule has 0 amide bonds. The Labute approximate surface area is 221 Å². The van der Waals surface area contributed by atoms with Gasteiger partial charge in [-0.1, -0.05) is 83.8 Å². The van der Waals surface area contributed by atoms with Gasteiger partial charge in [0.15, 0.2) is 0 Å². The second-order valence-electron chi connectivity index (χ2n) is 7.99. The first-order chi connectivity index (χ1) is 15.3. The van der Waals surface area contributed by atoms with Crippen molar-refractivity contribution in [2.75, 3.05) is 13.2 Å². The number of ether oxygens (including phenoxy) is 2. The molecule has 1 rings (SSSR count). The van der Waals surface area contributed by atoms with Gasteiger partial charge in [-0.2, -0.15) is 0 Å². The first kappa shape index (κ1) is 32.1. The summed E-state index contributed by atoms with van der Waals surface area (Å²) < 4.78 is 43.7. The topological polar surface area (TPSA) is 110 Å². The zero-order valence-corrected chi connectivity index (χ0v) is 23.2. The van der Waals surface area contributed by atoms with E-state index in [4.69, 9.17) is 9.47 Å². The Bertz CT molecular complexity index is 796. The van der Waals surface area contributed by atoms with Crippen LogP contribution in [-0.4, -0.2) is 43.4 Å². The summed E-state index contributed by atoms with van der Waals surface area (Å²) in [4.78, 5) is 24.8. The van der Waals surface area contributed by atoms with Crippen molar-refractivity contribution in [2.45, 2.75) is 89.7 Å². The normalized spacial score (nSPS) is 12.0. The number of carbonyl (C=O) groups is 2. The van der Waals surface area contributed by atoms with E-state index in [1.807, 2.05) is 0 Å². The molecule has 0 aliphatic heterocycles. The minimum absolute atomic E-state index is 0. The summed E-state index contributed by atoms with van der Waals surface area (Å²) in [5.74, 6) is -1.49. The zero-order valence-electron chi connectivity index (χ0n) is 20.3. The molecule has 1 atom stereocenters. The average molecular weight is 493 g/mol. The average Bonchev–Trinajstić information content (AvgIpc) is 2.76. The van der Waals surface area contributed by atoms with E-state index in [0.717, 1.165) is 19.3 Å². The van der Waals surface area contributed by atoms with Crippen LogP contribution in [0.2, 0.25) is 0 Å². The van der Waals surface area contributed by atoms with Crippen molar-refractivity contribution < 1.29 is 61.6 Å². The van der Waals surface area contributed by atoms with Gasteiger partial charge in [0.2, 0.25) is 0 Å². The first-order valence-corrected chi connectivity index (χ1v) is 13.2. The van der Waals surface area contributed by atoms with Crippen molar-refractivity contribution in [3.05, 3.63) is 35.4 Å². The third-order valence-corrected chi connectivity index (χ3v) is 6.65.